The maximum Gasteiger partial charge on any atom is 0.246 e. The molecular formula is C20H31N7O2. The second kappa shape index (κ2) is 10.2. The monoisotopic (exact) mass is 401 g/mol. The third kappa shape index (κ3) is 5.90. The Morgan fingerprint density at radius 1 is 1.38 bits per heavy atom. The van der Waals surface area contributed by atoms with Crippen molar-refractivity contribution in [3.63, 3.8) is 0 Å². The second-order valence-electron chi connectivity index (χ2n) is 7.17. The predicted molar refractivity (Wildman–Crippen MR) is 112 cm³/mol. The van der Waals surface area contributed by atoms with E-state index in [1.54, 1.807) is 7.05 Å². The zero-order valence-electron chi connectivity index (χ0n) is 17.7. The number of hydrogen-bond donors (Lipinski definition) is 2. The normalized spacial score (nSPS) is 16.7. The van der Waals surface area contributed by atoms with E-state index >= 15 is 0 Å². The maximum absolute atomic E-state index is 5.48. The molecule has 0 aliphatic carbocycles. The van der Waals surface area contributed by atoms with Gasteiger partial charge < -0.3 is 24.8 Å². The van der Waals surface area contributed by atoms with Gasteiger partial charge in [0.1, 0.15) is 11.9 Å². The van der Waals surface area contributed by atoms with Crippen LogP contribution in [0.5, 0.6) is 0 Å². The Labute approximate surface area is 171 Å². The van der Waals surface area contributed by atoms with E-state index in [-0.39, 0.29) is 6.10 Å². The molecule has 2 aromatic heterocycles. The fourth-order valence-electron chi connectivity index (χ4n) is 3.28. The number of anilines is 1. The Balaban J connectivity index is 1.44. The zero-order chi connectivity index (χ0) is 20.6. The van der Waals surface area contributed by atoms with Crippen LogP contribution in [0.3, 0.4) is 0 Å². The first kappa shape index (κ1) is 21.0. The van der Waals surface area contributed by atoms with E-state index < -0.39 is 0 Å². The number of aryl methyl sites for hydroxylation is 1. The Bertz CT molecular complexity index is 782. The number of piperidine rings is 1. The summed E-state index contributed by atoms with van der Waals surface area (Å²) in [6, 6.07) is 4.56. The van der Waals surface area contributed by atoms with Crippen molar-refractivity contribution in [2.75, 3.05) is 31.6 Å². The van der Waals surface area contributed by atoms with Crippen LogP contribution in [0.25, 0.3) is 0 Å². The molecule has 2 aromatic rings. The highest BCUT2D eigenvalue weighted by Gasteiger charge is 2.21. The molecule has 1 aliphatic rings. The average Bonchev–Trinajstić information content (AvgIpc) is 3.22. The van der Waals surface area contributed by atoms with Crippen molar-refractivity contribution in [2.45, 2.75) is 52.3 Å². The number of pyridine rings is 1. The molecule has 0 saturated carbocycles. The van der Waals surface area contributed by atoms with Gasteiger partial charge in [-0.3, -0.25) is 4.99 Å². The number of guanidine groups is 1. The molecule has 1 unspecified atom stereocenters. The molecule has 9 heteroatoms. The minimum absolute atomic E-state index is 0.178. The van der Waals surface area contributed by atoms with Gasteiger partial charge in [-0.2, -0.15) is 4.98 Å². The van der Waals surface area contributed by atoms with Gasteiger partial charge in [0.25, 0.3) is 0 Å². The Hall–Kier alpha value is -2.68. The summed E-state index contributed by atoms with van der Waals surface area (Å²) in [5.74, 6) is 2.85. The van der Waals surface area contributed by atoms with Gasteiger partial charge >= 0.3 is 0 Å². The van der Waals surface area contributed by atoms with E-state index in [2.05, 4.69) is 54.7 Å². The number of nitrogens with zero attached hydrogens (tertiary/aromatic N) is 5. The summed E-state index contributed by atoms with van der Waals surface area (Å²) < 4.78 is 10.8. The average molecular weight is 402 g/mol. The van der Waals surface area contributed by atoms with E-state index in [4.69, 9.17) is 9.26 Å². The summed E-state index contributed by atoms with van der Waals surface area (Å²) in [7, 11) is 1.76. The predicted octanol–water partition coefficient (Wildman–Crippen LogP) is 2.20. The number of aliphatic imine (C=N–C) groups is 1. The van der Waals surface area contributed by atoms with Crippen molar-refractivity contribution < 1.29 is 9.26 Å². The summed E-state index contributed by atoms with van der Waals surface area (Å²) in [5, 5.41) is 10.7. The number of hydrogen-bond acceptors (Lipinski definition) is 7. The lowest BCUT2D eigenvalue weighted by atomic mass is 10.1. The van der Waals surface area contributed by atoms with Gasteiger partial charge in [-0.25, -0.2) is 4.98 Å². The molecule has 0 radical (unpaired) electrons. The molecule has 1 atom stereocenters. The van der Waals surface area contributed by atoms with Crippen molar-refractivity contribution in [1.29, 1.82) is 0 Å². The van der Waals surface area contributed by atoms with Gasteiger partial charge in [-0.15, -0.1) is 0 Å². The highest BCUT2D eigenvalue weighted by Crippen LogP contribution is 2.18. The maximum atomic E-state index is 5.48. The topological polar surface area (TPSA) is 101 Å². The lowest BCUT2D eigenvalue weighted by Crippen LogP contribution is -2.48. The van der Waals surface area contributed by atoms with Crippen molar-refractivity contribution in [1.82, 2.24) is 25.8 Å². The summed E-state index contributed by atoms with van der Waals surface area (Å²) in [5.41, 5.74) is 1.18. The first-order chi connectivity index (χ1) is 14.1. The summed E-state index contributed by atoms with van der Waals surface area (Å²) in [4.78, 5) is 15.5. The SMILES string of the molecule is CCOC(C)c1noc(CNC(=NC)NC2CCN(c3ccc(C)cn3)CC2)n1. The van der Waals surface area contributed by atoms with Gasteiger partial charge in [-0.1, -0.05) is 11.2 Å². The van der Waals surface area contributed by atoms with Crippen LogP contribution in [0, 0.1) is 6.92 Å². The zero-order valence-corrected chi connectivity index (χ0v) is 17.7. The molecule has 158 valence electrons. The number of aromatic nitrogens is 3. The largest absolute Gasteiger partial charge is 0.371 e. The summed E-state index contributed by atoms with van der Waals surface area (Å²) in [6.07, 6.45) is 3.78. The smallest absolute Gasteiger partial charge is 0.246 e. The van der Waals surface area contributed by atoms with Crippen LogP contribution < -0.4 is 15.5 Å². The molecular weight excluding hydrogens is 370 g/mol. The van der Waals surface area contributed by atoms with Gasteiger partial charge in [-0.05, 0) is 45.2 Å². The van der Waals surface area contributed by atoms with Crippen LogP contribution in [0.4, 0.5) is 5.82 Å². The van der Waals surface area contributed by atoms with Crippen LogP contribution in [0.1, 0.15) is 50.1 Å². The lowest BCUT2D eigenvalue weighted by molar-refractivity contribution is 0.0683. The van der Waals surface area contributed by atoms with Crippen LogP contribution in [-0.4, -0.2) is 53.9 Å². The van der Waals surface area contributed by atoms with Crippen molar-refractivity contribution in [3.05, 3.63) is 35.6 Å². The summed E-state index contributed by atoms with van der Waals surface area (Å²) >= 11 is 0. The minimum atomic E-state index is -0.178. The molecule has 0 bridgehead atoms. The molecule has 29 heavy (non-hydrogen) atoms. The van der Waals surface area contributed by atoms with E-state index in [1.165, 1.54) is 5.56 Å². The molecule has 0 aromatic carbocycles. The lowest BCUT2D eigenvalue weighted by Gasteiger charge is -2.33. The molecule has 1 saturated heterocycles. The van der Waals surface area contributed by atoms with Crippen LogP contribution in [-0.2, 0) is 11.3 Å². The molecule has 1 aliphatic heterocycles. The molecule has 0 spiro atoms. The summed E-state index contributed by atoms with van der Waals surface area (Å²) in [6.45, 7) is 8.86. The van der Waals surface area contributed by atoms with Gasteiger partial charge in [0, 0.05) is 39.0 Å². The molecule has 1 fully saturated rings. The van der Waals surface area contributed by atoms with Crippen LogP contribution in [0.15, 0.2) is 27.8 Å². The molecule has 2 N–H and O–H groups in total. The fourth-order valence-corrected chi connectivity index (χ4v) is 3.28. The van der Waals surface area contributed by atoms with E-state index in [1.807, 2.05) is 20.0 Å². The first-order valence-electron chi connectivity index (χ1n) is 10.2. The third-order valence-electron chi connectivity index (χ3n) is 4.95. The van der Waals surface area contributed by atoms with E-state index in [0.29, 0.717) is 30.9 Å². The second-order valence-corrected chi connectivity index (χ2v) is 7.17. The van der Waals surface area contributed by atoms with Crippen molar-refractivity contribution >= 4 is 11.8 Å². The number of ether oxygens (including phenoxy) is 1. The highest BCUT2D eigenvalue weighted by atomic mass is 16.5. The first-order valence-corrected chi connectivity index (χ1v) is 10.2. The molecule has 9 nitrogen and oxygen atoms in total. The van der Waals surface area contributed by atoms with Crippen LogP contribution >= 0.6 is 0 Å². The van der Waals surface area contributed by atoms with Crippen molar-refractivity contribution in [2.24, 2.45) is 4.99 Å². The van der Waals surface area contributed by atoms with E-state index in [0.717, 1.165) is 37.7 Å². The quantitative estimate of drug-likeness (QED) is 0.538. The Morgan fingerprint density at radius 2 is 2.17 bits per heavy atom. The van der Waals surface area contributed by atoms with Gasteiger partial charge in [0.2, 0.25) is 5.89 Å². The fraction of sp³-hybridized carbons (Fsp3) is 0.600. The highest BCUT2D eigenvalue weighted by molar-refractivity contribution is 5.79. The van der Waals surface area contributed by atoms with Gasteiger partial charge in [0.15, 0.2) is 11.8 Å². The third-order valence-corrected chi connectivity index (χ3v) is 4.95. The number of rotatable bonds is 7. The standard InChI is InChI=1S/C20H31N7O2/c1-5-28-15(3)19-25-18(29-26-19)13-23-20(21-4)24-16-8-10-27(11-9-16)17-7-6-14(2)12-22-17/h6-7,12,15-16H,5,8-11,13H2,1-4H3,(H2,21,23,24). The molecule has 0 amide bonds. The molecule has 3 heterocycles. The van der Waals surface area contributed by atoms with Gasteiger partial charge in [0.05, 0.1) is 6.54 Å². The van der Waals surface area contributed by atoms with Crippen molar-refractivity contribution in [3.8, 4) is 0 Å². The Kier molecular flexibility index (Phi) is 7.40. The molecule has 3 rings (SSSR count). The van der Waals surface area contributed by atoms with Crippen LogP contribution in [0.2, 0.25) is 0 Å². The number of nitrogens with one attached hydrogen (secondary N) is 2. The van der Waals surface area contributed by atoms with E-state index in [9.17, 15) is 0 Å². The minimum Gasteiger partial charge on any atom is -0.371 e. The Morgan fingerprint density at radius 3 is 2.83 bits per heavy atom.